The minimum absolute atomic E-state index is 0.104. The van der Waals surface area contributed by atoms with Gasteiger partial charge in [-0.3, -0.25) is 37.3 Å². The van der Waals surface area contributed by atoms with Crippen LogP contribution in [0.5, 0.6) is 0 Å². The molecule has 0 saturated carbocycles. The molecule has 0 rings (SSSR count). The van der Waals surface area contributed by atoms with E-state index in [2.05, 4.69) is 55.4 Å². The fraction of sp³-hybridized carbons (Fsp3) is 0.942. The smallest absolute Gasteiger partial charge is 0.462 e. The average Bonchev–Trinajstić information content (AvgIpc) is 3.55. The number of carbonyl (C=O) groups is 4. The number of rotatable bonds is 66. The highest BCUT2D eigenvalue weighted by Crippen LogP contribution is 2.45. The van der Waals surface area contributed by atoms with Gasteiger partial charge in [0.15, 0.2) is 12.2 Å². The lowest BCUT2D eigenvalue weighted by atomic mass is 9.99. The van der Waals surface area contributed by atoms with Crippen LogP contribution in [-0.2, 0) is 65.4 Å². The molecule has 0 aromatic rings. The van der Waals surface area contributed by atoms with Crippen molar-refractivity contribution >= 4 is 39.5 Å². The van der Waals surface area contributed by atoms with Gasteiger partial charge in [-0.1, -0.05) is 287 Å². The summed E-state index contributed by atoms with van der Waals surface area (Å²) in [6, 6.07) is 0. The van der Waals surface area contributed by atoms with E-state index in [1.165, 1.54) is 135 Å². The third-order valence-corrected chi connectivity index (χ3v) is 18.4. The fourth-order valence-electron chi connectivity index (χ4n) is 10.2. The van der Waals surface area contributed by atoms with Gasteiger partial charge in [0.05, 0.1) is 26.4 Å². The SMILES string of the molecule is CCC(C)CCCCCCCCCCCCC(=O)O[C@H](COC(=O)CCCCCCCCCCC(C)C)COP(=O)(O)OCC(O)COP(=O)(O)OC[C@@H](COC(=O)CCCCCCCCC(C)C)OC(=O)CCCCCCCCCCCCC(C)CC. The Kier molecular flexibility index (Phi) is 57.6. The van der Waals surface area contributed by atoms with Crippen LogP contribution in [0.4, 0.5) is 0 Å². The van der Waals surface area contributed by atoms with Gasteiger partial charge >= 0.3 is 39.5 Å². The Morgan fingerprint density at radius 3 is 0.807 bits per heavy atom. The summed E-state index contributed by atoms with van der Waals surface area (Å²) in [5.41, 5.74) is 0. The van der Waals surface area contributed by atoms with Crippen LogP contribution in [0.1, 0.15) is 338 Å². The van der Waals surface area contributed by atoms with E-state index in [4.69, 9.17) is 37.0 Å². The molecule has 7 atom stereocenters. The summed E-state index contributed by atoms with van der Waals surface area (Å²) in [5, 5.41) is 10.6. The maximum Gasteiger partial charge on any atom is 0.472 e. The Bertz CT molecular complexity index is 1750. The molecule has 522 valence electrons. The number of esters is 4. The molecule has 0 saturated heterocycles. The van der Waals surface area contributed by atoms with Gasteiger partial charge in [0.1, 0.15) is 19.3 Å². The van der Waals surface area contributed by atoms with Gasteiger partial charge in [-0.15, -0.1) is 0 Å². The lowest BCUT2D eigenvalue weighted by molar-refractivity contribution is -0.161. The number of phosphoric ester groups is 2. The molecule has 0 aliphatic heterocycles. The van der Waals surface area contributed by atoms with Crippen molar-refractivity contribution in [2.24, 2.45) is 23.7 Å². The zero-order valence-electron chi connectivity index (χ0n) is 57.3. The molecular weight excluding hydrogens is 1160 g/mol. The molecule has 0 aliphatic rings. The first-order valence-electron chi connectivity index (χ1n) is 35.8. The van der Waals surface area contributed by atoms with Crippen LogP contribution >= 0.6 is 15.6 Å². The Morgan fingerprint density at radius 2 is 0.545 bits per heavy atom. The maximum absolute atomic E-state index is 13.0. The molecule has 88 heavy (non-hydrogen) atoms. The predicted molar refractivity (Wildman–Crippen MR) is 354 cm³/mol. The number of aliphatic hydroxyl groups excluding tert-OH is 1. The van der Waals surface area contributed by atoms with Crippen molar-refractivity contribution in [3.05, 3.63) is 0 Å². The monoisotopic (exact) mass is 1300 g/mol. The largest absolute Gasteiger partial charge is 0.472 e. The zero-order valence-corrected chi connectivity index (χ0v) is 59.1. The van der Waals surface area contributed by atoms with E-state index in [0.717, 1.165) is 114 Å². The quantitative estimate of drug-likeness (QED) is 0.0222. The normalized spacial score (nSPS) is 14.9. The highest BCUT2D eigenvalue weighted by atomic mass is 31.2. The van der Waals surface area contributed by atoms with Crippen molar-refractivity contribution in [3.8, 4) is 0 Å². The van der Waals surface area contributed by atoms with Crippen molar-refractivity contribution in [2.75, 3.05) is 39.6 Å². The molecule has 0 fully saturated rings. The van der Waals surface area contributed by atoms with E-state index in [-0.39, 0.29) is 25.7 Å². The van der Waals surface area contributed by atoms with Crippen molar-refractivity contribution < 1.29 is 80.2 Å². The van der Waals surface area contributed by atoms with E-state index in [1.807, 2.05) is 0 Å². The molecule has 3 N–H and O–H groups in total. The van der Waals surface area contributed by atoms with Gasteiger partial charge in [-0.05, 0) is 49.4 Å². The van der Waals surface area contributed by atoms with Crippen molar-refractivity contribution in [2.45, 2.75) is 356 Å². The zero-order chi connectivity index (χ0) is 65.4. The average molecular weight is 1300 g/mol. The molecule has 19 heteroatoms. The molecule has 0 spiro atoms. The molecule has 0 bridgehead atoms. The Balaban J connectivity index is 5.26. The second-order valence-corrected chi connectivity index (χ2v) is 29.3. The third kappa shape index (κ3) is 60.3. The Morgan fingerprint density at radius 1 is 0.318 bits per heavy atom. The standard InChI is InChI=1S/C69H134O17P2/c1-9-61(7)47-39-31-22-15-11-13-17-25-35-43-51-68(73)85-64(55-79-66(71)49-41-33-24-20-19-21-29-37-45-59(3)4)57-83-87(75,76)81-53-63(70)54-82-88(77,78)84-58-65(56-80-67(72)50-42-34-28-27-30-38-46-60(5)6)86-69(74)52-44-36-26-18-14-12-16-23-32-40-48-62(8)10-2/h59-65,70H,9-58H2,1-8H3,(H,75,76)(H,77,78)/t61?,62?,63?,64-,65-/m1/s1. The van der Waals surface area contributed by atoms with E-state index >= 15 is 0 Å². The number of hydrogen-bond donors (Lipinski definition) is 3. The van der Waals surface area contributed by atoms with Crippen LogP contribution in [0, 0.1) is 23.7 Å². The van der Waals surface area contributed by atoms with E-state index in [1.54, 1.807) is 0 Å². The molecule has 0 heterocycles. The summed E-state index contributed by atoms with van der Waals surface area (Å²) in [4.78, 5) is 72.5. The summed E-state index contributed by atoms with van der Waals surface area (Å²) in [6.45, 7) is 14.1. The van der Waals surface area contributed by atoms with Crippen LogP contribution in [0.2, 0.25) is 0 Å². The maximum atomic E-state index is 13.0. The summed E-state index contributed by atoms with van der Waals surface area (Å²) in [6.07, 6.45) is 40.3. The van der Waals surface area contributed by atoms with Gasteiger partial charge in [-0.2, -0.15) is 0 Å². The molecule has 0 radical (unpaired) electrons. The van der Waals surface area contributed by atoms with Crippen molar-refractivity contribution in [1.29, 1.82) is 0 Å². The molecule has 0 amide bonds. The van der Waals surface area contributed by atoms with Crippen LogP contribution in [0.15, 0.2) is 0 Å². The van der Waals surface area contributed by atoms with Gasteiger partial charge in [0.2, 0.25) is 0 Å². The van der Waals surface area contributed by atoms with Crippen LogP contribution in [-0.4, -0.2) is 96.7 Å². The summed E-state index contributed by atoms with van der Waals surface area (Å²) in [7, 11) is -9.90. The molecule has 5 unspecified atom stereocenters. The number of phosphoric acid groups is 2. The fourth-order valence-corrected chi connectivity index (χ4v) is 11.8. The third-order valence-electron chi connectivity index (χ3n) is 16.5. The van der Waals surface area contributed by atoms with Crippen LogP contribution in [0.25, 0.3) is 0 Å². The Labute approximate surface area is 537 Å². The second-order valence-electron chi connectivity index (χ2n) is 26.4. The molecule has 17 nitrogen and oxygen atoms in total. The number of aliphatic hydroxyl groups is 1. The van der Waals surface area contributed by atoms with E-state index < -0.39 is 97.5 Å². The van der Waals surface area contributed by atoms with Gasteiger partial charge < -0.3 is 33.8 Å². The van der Waals surface area contributed by atoms with Crippen molar-refractivity contribution in [3.63, 3.8) is 0 Å². The second kappa shape index (κ2) is 58.8. The highest BCUT2D eigenvalue weighted by molar-refractivity contribution is 7.47. The topological polar surface area (TPSA) is 237 Å². The summed E-state index contributed by atoms with van der Waals surface area (Å²) in [5.74, 6) is 0.879. The predicted octanol–water partition coefficient (Wildman–Crippen LogP) is 19.3. The number of carbonyl (C=O) groups excluding carboxylic acids is 4. The minimum atomic E-state index is -4.95. The van der Waals surface area contributed by atoms with E-state index in [0.29, 0.717) is 31.6 Å². The first kappa shape index (κ1) is 86.1. The van der Waals surface area contributed by atoms with Gasteiger partial charge in [0, 0.05) is 25.7 Å². The van der Waals surface area contributed by atoms with Crippen molar-refractivity contribution in [1.82, 2.24) is 0 Å². The lowest BCUT2D eigenvalue weighted by Gasteiger charge is -2.21. The number of ether oxygens (including phenoxy) is 4. The number of hydrogen-bond acceptors (Lipinski definition) is 15. The van der Waals surface area contributed by atoms with Crippen LogP contribution < -0.4 is 0 Å². The molecule has 0 aromatic carbocycles. The molecule has 0 aromatic heterocycles. The van der Waals surface area contributed by atoms with Gasteiger partial charge in [-0.25, -0.2) is 9.13 Å². The summed E-state index contributed by atoms with van der Waals surface area (Å²) >= 11 is 0. The number of unbranched alkanes of at least 4 members (excludes halogenated alkanes) is 30. The first-order chi connectivity index (χ1) is 42.2. The summed E-state index contributed by atoms with van der Waals surface area (Å²) < 4.78 is 68.2. The first-order valence-corrected chi connectivity index (χ1v) is 38.8. The Hall–Kier alpha value is -1.94. The lowest BCUT2D eigenvalue weighted by Crippen LogP contribution is -2.30. The van der Waals surface area contributed by atoms with Crippen LogP contribution in [0.3, 0.4) is 0 Å². The van der Waals surface area contributed by atoms with Gasteiger partial charge in [0.25, 0.3) is 0 Å². The highest BCUT2D eigenvalue weighted by Gasteiger charge is 2.30. The molecular formula is C69H134O17P2. The molecule has 0 aliphatic carbocycles. The minimum Gasteiger partial charge on any atom is -0.462 e. The van der Waals surface area contributed by atoms with E-state index in [9.17, 15) is 43.2 Å².